The third-order valence-corrected chi connectivity index (χ3v) is 4.22. The van der Waals surface area contributed by atoms with Gasteiger partial charge in [0.05, 0.1) is 11.4 Å². The zero-order valence-corrected chi connectivity index (χ0v) is 13.4. The first-order valence-corrected chi connectivity index (χ1v) is 7.79. The highest BCUT2D eigenvalue weighted by Gasteiger charge is 2.22. The molecule has 0 amide bonds. The number of aromatic amines is 2. The molecule has 2 heterocycles. The summed E-state index contributed by atoms with van der Waals surface area (Å²) in [7, 11) is 0. The molecule has 0 aliphatic heterocycles. The van der Waals surface area contributed by atoms with Gasteiger partial charge < -0.3 is 20.2 Å². The maximum atomic E-state index is 12.0. The lowest BCUT2D eigenvalue weighted by atomic mass is 10.0. The van der Waals surface area contributed by atoms with Crippen LogP contribution in [0.5, 0.6) is 5.75 Å². The SMILES string of the molecule is CCc1ccc2cc(-c3[nH]c(=O)c(C(=O)O)c(O)c3CC)[nH]c2c1. The molecule has 0 atom stereocenters. The number of aromatic hydroxyl groups is 1. The summed E-state index contributed by atoms with van der Waals surface area (Å²) in [6.45, 7) is 3.86. The van der Waals surface area contributed by atoms with Gasteiger partial charge in [-0.1, -0.05) is 26.0 Å². The number of aromatic nitrogens is 2. The average molecular weight is 326 g/mol. The van der Waals surface area contributed by atoms with E-state index in [2.05, 4.69) is 16.9 Å². The van der Waals surface area contributed by atoms with Gasteiger partial charge in [0.2, 0.25) is 0 Å². The maximum Gasteiger partial charge on any atom is 0.345 e. The Kier molecular flexibility index (Phi) is 3.89. The quantitative estimate of drug-likeness (QED) is 0.591. The fourth-order valence-electron chi connectivity index (χ4n) is 2.93. The summed E-state index contributed by atoms with van der Waals surface area (Å²) in [4.78, 5) is 29.1. The van der Waals surface area contributed by atoms with E-state index in [1.165, 1.54) is 5.56 Å². The average Bonchev–Trinajstić information content (AvgIpc) is 2.96. The summed E-state index contributed by atoms with van der Waals surface area (Å²) in [6, 6.07) is 7.94. The van der Waals surface area contributed by atoms with Crippen molar-refractivity contribution in [3.63, 3.8) is 0 Å². The fourth-order valence-corrected chi connectivity index (χ4v) is 2.93. The minimum atomic E-state index is -1.45. The first kappa shape index (κ1) is 15.9. The molecule has 0 unspecified atom stereocenters. The van der Waals surface area contributed by atoms with Crippen LogP contribution in [-0.2, 0) is 12.8 Å². The minimum absolute atomic E-state index is 0.383. The van der Waals surface area contributed by atoms with Gasteiger partial charge in [0.15, 0.2) is 5.56 Å². The van der Waals surface area contributed by atoms with Crippen molar-refractivity contribution < 1.29 is 15.0 Å². The molecule has 0 bridgehead atoms. The van der Waals surface area contributed by atoms with Gasteiger partial charge in [-0.3, -0.25) is 4.79 Å². The molecule has 0 saturated heterocycles. The summed E-state index contributed by atoms with van der Waals surface area (Å²) in [5, 5.41) is 20.3. The van der Waals surface area contributed by atoms with Crippen LogP contribution in [0.1, 0.15) is 35.3 Å². The van der Waals surface area contributed by atoms with Crippen LogP contribution in [0.25, 0.3) is 22.3 Å². The molecule has 4 N–H and O–H groups in total. The van der Waals surface area contributed by atoms with Crippen molar-refractivity contribution in [2.45, 2.75) is 26.7 Å². The zero-order chi connectivity index (χ0) is 17.4. The van der Waals surface area contributed by atoms with E-state index in [0.717, 1.165) is 17.3 Å². The highest BCUT2D eigenvalue weighted by atomic mass is 16.4. The van der Waals surface area contributed by atoms with E-state index < -0.39 is 22.8 Å². The molecule has 2 aromatic heterocycles. The molecule has 6 nitrogen and oxygen atoms in total. The molecule has 0 aliphatic carbocycles. The van der Waals surface area contributed by atoms with Crippen LogP contribution in [-0.4, -0.2) is 26.2 Å². The number of hydrogen-bond donors (Lipinski definition) is 4. The monoisotopic (exact) mass is 326 g/mol. The number of carboxylic acids is 1. The van der Waals surface area contributed by atoms with Gasteiger partial charge in [0.25, 0.3) is 5.56 Å². The van der Waals surface area contributed by atoms with Crippen LogP contribution >= 0.6 is 0 Å². The van der Waals surface area contributed by atoms with Crippen molar-refractivity contribution in [2.75, 3.05) is 0 Å². The van der Waals surface area contributed by atoms with Crippen molar-refractivity contribution in [1.29, 1.82) is 0 Å². The Morgan fingerprint density at radius 2 is 1.88 bits per heavy atom. The Bertz CT molecular complexity index is 998. The molecule has 1 aromatic carbocycles. The molecule has 0 radical (unpaired) electrons. The van der Waals surface area contributed by atoms with Crippen LogP contribution < -0.4 is 5.56 Å². The van der Waals surface area contributed by atoms with E-state index in [-0.39, 0.29) is 0 Å². The lowest BCUT2D eigenvalue weighted by Gasteiger charge is -2.10. The third kappa shape index (κ3) is 2.46. The molecular formula is C18H18N2O4. The topological polar surface area (TPSA) is 106 Å². The number of carboxylic acid groups (broad SMARTS) is 1. The van der Waals surface area contributed by atoms with E-state index >= 15 is 0 Å². The zero-order valence-electron chi connectivity index (χ0n) is 13.4. The van der Waals surface area contributed by atoms with Gasteiger partial charge in [0, 0.05) is 16.5 Å². The second-order valence-corrected chi connectivity index (χ2v) is 5.65. The van der Waals surface area contributed by atoms with Crippen molar-refractivity contribution in [3.8, 4) is 17.1 Å². The number of hydrogen-bond acceptors (Lipinski definition) is 3. The van der Waals surface area contributed by atoms with Crippen molar-refractivity contribution in [2.24, 2.45) is 0 Å². The van der Waals surface area contributed by atoms with Gasteiger partial charge in [-0.2, -0.15) is 0 Å². The predicted octanol–water partition coefficient (Wildman–Crippen LogP) is 3.05. The molecule has 0 aliphatic rings. The Labute approximate surface area is 137 Å². The molecule has 0 spiro atoms. The number of aryl methyl sites for hydroxylation is 1. The maximum absolute atomic E-state index is 12.0. The smallest absolute Gasteiger partial charge is 0.345 e. The Hall–Kier alpha value is -3.02. The molecule has 124 valence electrons. The van der Waals surface area contributed by atoms with Crippen LogP contribution in [0.2, 0.25) is 0 Å². The van der Waals surface area contributed by atoms with Gasteiger partial charge in [-0.25, -0.2) is 4.79 Å². The standard InChI is InChI=1S/C18H18N2O4/c1-3-9-5-6-10-8-13(19-12(10)7-9)15-11(4-2)16(21)14(18(23)24)17(22)20-15/h5-8,19H,3-4H2,1-2H3,(H,23,24)(H2,20,21,22). The normalized spacial score (nSPS) is 11.1. The summed E-state index contributed by atoms with van der Waals surface area (Å²) in [5.41, 5.74) is 2.12. The molecular weight excluding hydrogens is 308 g/mol. The Morgan fingerprint density at radius 3 is 2.50 bits per heavy atom. The summed E-state index contributed by atoms with van der Waals surface area (Å²) in [6.07, 6.45) is 1.29. The third-order valence-electron chi connectivity index (χ3n) is 4.22. The van der Waals surface area contributed by atoms with Crippen molar-refractivity contribution in [3.05, 3.63) is 51.3 Å². The highest BCUT2D eigenvalue weighted by molar-refractivity contribution is 5.92. The van der Waals surface area contributed by atoms with E-state index in [1.807, 2.05) is 24.3 Å². The number of benzene rings is 1. The molecule has 24 heavy (non-hydrogen) atoms. The number of carbonyl (C=O) groups is 1. The molecule has 3 rings (SSSR count). The second kappa shape index (κ2) is 5.88. The van der Waals surface area contributed by atoms with E-state index in [9.17, 15) is 14.7 Å². The van der Waals surface area contributed by atoms with Crippen molar-refractivity contribution >= 4 is 16.9 Å². The Balaban J connectivity index is 2.26. The van der Waals surface area contributed by atoms with Crippen LogP contribution in [0.15, 0.2) is 29.1 Å². The number of nitrogens with one attached hydrogen (secondary N) is 2. The lowest BCUT2D eigenvalue weighted by molar-refractivity contribution is 0.0691. The van der Waals surface area contributed by atoms with Crippen LogP contribution in [0.3, 0.4) is 0 Å². The largest absolute Gasteiger partial charge is 0.506 e. The molecule has 6 heteroatoms. The highest BCUT2D eigenvalue weighted by Crippen LogP contribution is 2.31. The Morgan fingerprint density at radius 1 is 1.12 bits per heavy atom. The number of rotatable bonds is 4. The summed E-state index contributed by atoms with van der Waals surface area (Å²) in [5.74, 6) is -1.92. The lowest BCUT2D eigenvalue weighted by Crippen LogP contribution is -2.20. The number of aromatic carboxylic acids is 1. The van der Waals surface area contributed by atoms with Crippen molar-refractivity contribution in [1.82, 2.24) is 9.97 Å². The fraction of sp³-hybridized carbons (Fsp3) is 0.222. The van der Waals surface area contributed by atoms with E-state index in [4.69, 9.17) is 5.11 Å². The molecule has 0 saturated carbocycles. The van der Waals surface area contributed by atoms with Gasteiger partial charge in [-0.15, -0.1) is 0 Å². The second-order valence-electron chi connectivity index (χ2n) is 5.65. The number of H-pyrrole nitrogens is 2. The summed E-state index contributed by atoms with van der Waals surface area (Å²) < 4.78 is 0. The van der Waals surface area contributed by atoms with Gasteiger partial charge in [0.1, 0.15) is 5.75 Å². The van der Waals surface area contributed by atoms with Crippen LogP contribution in [0, 0.1) is 0 Å². The minimum Gasteiger partial charge on any atom is -0.506 e. The first-order chi connectivity index (χ1) is 11.5. The van der Waals surface area contributed by atoms with E-state index in [0.29, 0.717) is 23.4 Å². The number of fused-ring (bicyclic) bond motifs is 1. The van der Waals surface area contributed by atoms with Gasteiger partial charge >= 0.3 is 5.97 Å². The molecule has 0 fully saturated rings. The van der Waals surface area contributed by atoms with E-state index in [1.54, 1.807) is 6.92 Å². The molecule has 3 aromatic rings. The number of pyridine rings is 1. The van der Waals surface area contributed by atoms with Crippen LogP contribution in [0.4, 0.5) is 0 Å². The van der Waals surface area contributed by atoms with Gasteiger partial charge in [-0.05, 0) is 30.5 Å². The summed E-state index contributed by atoms with van der Waals surface area (Å²) >= 11 is 0. The first-order valence-electron chi connectivity index (χ1n) is 7.79. The predicted molar refractivity (Wildman–Crippen MR) is 91.7 cm³/mol.